The highest BCUT2D eigenvalue weighted by atomic mass is 16.2. The van der Waals surface area contributed by atoms with Crippen LogP contribution in [0.2, 0.25) is 0 Å². The topological polar surface area (TPSA) is 29.1 Å². The van der Waals surface area contributed by atoms with Crippen molar-refractivity contribution in [3.8, 4) is 0 Å². The second-order valence-electron chi connectivity index (χ2n) is 5.54. The van der Waals surface area contributed by atoms with E-state index >= 15 is 0 Å². The first-order chi connectivity index (χ1) is 5.71. The van der Waals surface area contributed by atoms with Gasteiger partial charge in [-0.3, -0.25) is 4.79 Å². The summed E-state index contributed by atoms with van der Waals surface area (Å²) in [6.07, 6.45) is 0. The van der Waals surface area contributed by atoms with E-state index in [1.54, 1.807) is 0 Å². The zero-order valence-corrected chi connectivity index (χ0v) is 9.56. The molecule has 0 spiro atoms. The van der Waals surface area contributed by atoms with Gasteiger partial charge in [0, 0.05) is 12.0 Å². The largest absolute Gasteiger partial charge is 0.354 e. The van der Waals surface area contributed by atoms with Crippen molar-refractivity contribution in [1.82, 2.24) is 5.32 Å². The average Bonchev–Trinajstić information content (AvgIpc) is 2.20. The molecular weight excluding hydrogens is 162 g/mol. The number of amides is 1. The summed E-state index contributed by atoms with van der Waals surface area (Å²) >= 11 is 0. The van der Waals surface area contributed by atoms with E-state index in [9.17, 15) is 4.79 Å². The van der Waals surface area contributed by atoms with Crippen LogP contribution in [-0.2, 0) is 4.79 Å². The molecule has 2 heteroatoms. The van der Waals surface area contributed by atoms with Crippen LogP contribution in [0.3, 0.4) is 0 Å². The number of hydrogen-bond acceptors (Lipinski definition) is 1. The third kappa shape index (κ3) is 1.47. The van der Waals surface area contributed by atoms with E-state index in [4.69, 9.17) is 0 Å². The van der Waals surface area contributed by atoms with Gasteiger partial charge in [0.2, 0.25) is 5.91 Å². The van der Waals surface area contributed by atoms with Gasteiger partial charge in [-0.15, -0.1) is 0 Å². The molecule has 0 aromatic carbocycles. The first kappa shape index (κ1) is 10.6. The van der Waals surface area contributed by atoms with E-state index in [0.717, 1.165) is 0 Å². The van der Waals surface area contributed by atoms with Crippen molar-refractivity contribution in [2.75, 3.05) is 0 Å². The first-order valence-electron chi connectivity index (χ1n) is 5.01. The van der Waals surface area contributed by atoms with E-state index in [0.29, 0.717) is 0 Å². The Morgan fingerprint density at radius 2 is 1.54 bits per heavy atom. The molecule has 2 nitrogen and oxygen atoms in total. The minimum atomic E-state index is 0.159. The second-order valence-corrected chi connectivity index (χ2v) is 5.54. The third-order valence-electron chi connectivity index (χ3n) is 3.71. The third-order valence-corrected chi connectivity index (χ3v) is 3.71. The van der Waals surface area contributed by atoms with Gasteiger partial charge in [-0.1, -0.05) is 27.7 Å². The fourth-order valence-corrected chi connectivity index (χ4v) is 2.22. The fraction of sp³-hybridized carbons (Fsp3) is 0.909. The summed E-state index contributed by atoms with van der Waals surface area (Å²) in [5, 5.41) is 2.98. The highest BCUT2D eigenvalue weighted by molar-refractivity contribution is 5.84. The van der Waals surface area contributed by atoms with Gasteiger partial charge in [-0.05, 0) is 24.7 Å². The number of hydrogen-bond donors (Lipinski definition) is 1. The number of carbonyl (C=O) groups excluding carboxylic acids is 1. The summed E-state index contributed by atoms with van der Waals surface area (Å²) in [4.78, 5) is 11.7. The SMILES string of the molecule is CC(C)NC(=O)C1C(C)(C)C1(C)C. The van der Waals surface area contributed by atoms with Gasteiger partial charge in [0.1, 0.15) is 0 Å². The lowest BCUT2D eigenvalue weighted by Crippen LogP contribution is -2.33. The Bertz CT molecular complexity index is 214. The Morgan fingerprint density at radius 1 is 1.15 bits per heavy atom. The fourth-order valence-electron chi connectivity index (χ4n) is 2.22. The van der Waals surface area contributed by atoms with Crippen LogP contribution in [-0.4, -0.2) is 11.9 Å². The average molecular weight is 183 g/mol. The van der Waals surface area contributed by atoms with Gasteiger partial charge in [0.15, 0.2) is 0 Å². The van der Waals surface area contributed by atoms with Crippen LogP contribution in [0.5, 0.6) is 0 Å². The second kappa shape index (κ2) is 2.73. The van der Waals surface area contributed by atoms with Crippen LogP contribution in [0.4, 0.5) is 0 Å². The molecule has 1 aliphatic carbocycles. The summed E-state index contributed by atoms with van der Waals surface area (Å²) in [6.45, 7) is 12.7. The van der Waals surface area contributed by atoms with E-state index in [1.165, 1.54) is 0 Å². The molecule has 0 bridgehead atoms. The zero-order valence-electron chi connectivity index (χ0n) is 9.56. The maximum atomic E-state index is 11.7. The van der Waals surface area contributed by atoms with Crippen LogP contribution < -0.4 is 5.32 Å². The van der Waals surface area contributed by atoms with E-state index in [1.807, 2.05) is 13.8 Å². The predicted octanol–water partition coefficient (Wildman–Crippen LogP) is 2.19. The van der Waals surface area contributed by atoms with Gasteiger partial charge in [-0.25, -0.2) is 0 Å². The molecule has 1 saturated carbocycles. The molecule has 13 heavy (non-hydrogen) atoms. The molecule has 1 aliphatic rings. The predicted molar refractivity (Wildman–Crippen MR) is 54.3 cm³/mol. The minimum absolute atomic E-state index is 0.159. The summed E-state index contributed by atoms with van der Waals surface area (Å²) in [6, 6.07) is 0.250. The summed E-state index contributed by atoms with van der Waals surface area (Å²) in [5.74, 6) is 0.396. The first-order valence-corrected chi connectivity index (χ1v) is 5.01. The maximum Gasteiger partial charge on any atom is 0.224 e. The lowest BCUT2D eigenvalue weighted by Gasteiger charge is -2.08. The Balaban J connectivity index is 2.63. The molecule has 0 saturated heterocycles. The van der Waals surface area contributed by atoms with Crippen molar-refractivity contribution in [2.45, 2.75) is 47.6 Å². The van der Waals surface area contributed by atoms with Crippen LogP contribution in [0.25, 0.3) is 0 Å². The van der Waals surface area contributed by atoms with Gasteiger partial charge >= 0.3 is 0 Å². The molecule has 1 rings (SSSR count). The van der Waals surface area contributed by atoms with Gasteiger partial charge in [0.05, 0.1) is 0 Å². The Kier molecular flexibility index (Phi) is 2.21. The molecule has 0 aromatic rings. The normalized spacial score (nSPS) is 24.5. The molecule has 0 radical (unpaired) electrons. The molecule has 0 aliphatic heterocycles. The van der Waals surface area contributed by atoms with Crippen LogP contribution in [0.15, 0.2) is 0 Å². The molecule has 1 N–H and O–H groups in total. The van der Waals surface area contributed by atoms with Crippen molar-refractivity contribution < 1.29 is 4.79 Å². The molecular formula is C11H21NO. The van der Waals surface area contributed by atoms with Crippen molar-refractivity contribution in [3.63, 3.8) is 0 Å². The maximum absolute atomic E-state index is 11.7. The highest BCUT2D eigenvalue weighted by Crippen LogP contribution is 2.68. The van der Waals surface area contributed by atoms with E-state index in [2.05, 4.69) is 33.0 Å². The molecule has 0 heterocycles. The van der Waals surface area contributed by atoms with Crippen LogP contribution in [0, 0.1) is 16.7 Å². The standard InChI is InChI=1S/C11H21NO/c1-7(2)12-9(13)8-10(3,4)11(8,5)6/h7-8H,1-6H3,(H,12,13). The molecule has 0 aromatic heterocycles. The summed E-state index contributed by atoms with van der Waals surface area (Å²) < 4.78 is 0. The van der Waals surface area contributed by atoms with E-state index < -0.39 is 0 Å². The van der Waals surface area contributed by atoms with Crippen LogP contribution >= 0.6 is 0 Å². The minimum Gasteiger partial charge on any atom is -0.354 e. The Morgan fingerprint density at radius 3 is 1.77 bits per heavy atom. The number of carbonyl (C=O) groups is 1. The van der Waals surface area contributed by atoms with Crippen LogP contribution in [0.1, 0.15) is 41.5 Å². The quantitative estimate of drug-likeness (QED) is 0.698. The van der Waals surface area contributed by atoms with Gasteiger partial charge in [0.25, 0.3) is 0 Å². The van der Waals surface area contributed by atoms with Gasteiger partial charge in [-0.2, -0.15) is 0 Å². The van der Waals surface area contributed by atoms with Crippen molar-refractivity contribution in [2.24, 2.45) is 16.7 Å². The summed E-state index contributed by atoms with van der Waals surface area (Å²) in [7, 11) is 0. The smallest absolute Gasteiger partial charge is 0.224 e. The highest BCUT2D eigenvalue weighted by Gasteiger charge is 2.68. The number of nitrogens with one attached hydrogen (secondary N) is 1. The summed E-state index contributed by atoms with van der Waals surface area (Å²) in [5.41, 5.74) is 0.317. The zero-order chi connectivity index (χ0) is 10.4. The van der Waals surface area contributed by atoms with E-state index in [-0.39, 0.29) is 28.7 Å². The van der Waals surface area contributed by atoms with Gasteiger partial charge < -0.3 is 5.32 Å². The lowest BCUT2D eigenvalue weighted by atomic mass is 10.0. The molecule has 1 fully saturated rings. The monoisotopic (exact) mass is 183 g/mol. The Hall–Kier alpha value is -0.530. The van der Waals surface area contributed by atoms with Crippen molar-refractivity contribution >= 4 is 5.91 Å². The number of rotatable bonds is 2. The lowest BCUT2D eigenvalue weighted by molar-refractivity contribution is -0.123. The van der Waals surface area contributed by atoms with Crippen molar-refractivity contribution in [1.29, 1.82) is 0 Å². The molecule has 1 amide bonds. The molecule has 76 valence electrons. The molecule has 0 atom stereocenters. The van der Waals surface area contributed by atoms with Crippen molar-refractivity contribution in [3.05, 3.63) is 0 Å². The molecule has 0 unspecified atom stereocenters. The Labute approximate surface area is 81.1 Å².